The van der Waals surface area contributed by atoms with Crippen molar-refractivity contribution in [3.8, 4) is 5.75 Å². The highest BCUT2D eigenvalue weighted by molar-refractivity contribution is 7.86. The molecule has 4 rings (SSSR count). The van der Waals surface area contributed by atoms with E-state index in [1.165, 1.54) is 35.3 Å². The average molecular weight is 523 g/mol. The molecule has 0 aliphatic heterocycles. The second kappa shape index (κ2) is 10.6. The van der Waals surface area contributed by atoms with Crippen LogP contribution >= 0.6 is 0 Å². The summed E-state index contributed by atoms with van der Waals surface area (Å²) in [6, 6.07) is 14.6. The van der Waals surface area contributed by atoms with E-state index in [4.69, 9.17) is 4.74 Å². The predicted octanol–water partition coefficient (Wildman–Crippen LogP) is 1.89. The molecular formula is C25H22N4O7S. The van der Waals surface area contributed by atoms with E-state index in [9.17, 15) is 22.8 Å². The Morgan fingerprint density at radius 3 is 2.32 bits per heavy atom. The summed E-state index contributed by atoms with van der Waals surface area (Å²) in [6.07, 6.45) is 3.51. The largest absolute Gasteiger partial charge is 0.497 e. The molecule has 0 aliphatic carbocycles. The van der Waals surface area contributed by atoms with Crippen molar-refractivity contribution in [3.63, 3.8) is 0 Å². The fourth-order valence-electron chi connectivity index (χ4n) is 3.44. The number of methoxy groups -OCH3 is 1. The van der Waals surface area contributed by atoms with Crippen LogP contribution in [0.25, 0.3) is 10.9 Å². The number of carbonyl (C=O) groups excluding carboxylic acids is 2. The Bertz CT molecular complexity index is 1630. The quantitative estimate of drug-likeness (QED) is 0.343. The smallest absolute Gasteiger partial charge is 0.353 e. The number of pyridine rings is 1. The van der Waals surface area contributed by atoms with E-state index >= 15 is 0 Å². The van der Waals surface area contributed by atoms with Crippen LogP contribution in [0.5, 0.6) is 5.75 Å². The standard InChI is InChI=1S/C25H22N4O7S/c1-35-19-9-5-16(6-10-19)12-27-23(30)21-11-20-22(13-26-21)28-15-29(24(20)31)14-17-3-7-18(8-4-17)25(32)36-37(2,33)34/h3-11,13,15H,12,14H2,1-2H3,(H,27,30). The first-order valence-corrected chi connectivity index (χ1v) is 12.7. The minimum Gasteiger partial charge on any atom is -0.497 e. The van der Waals surface area contributed by atoms with E-state index in [-0.39, 0.29) is 35.3 Å². The lowest BCUT2D eigenvalue weighted by Gasteiger charge is -2.09. The van der Waals surface area contributed by atoms with Gasteiger partial charge in [0.05, 0.1) is 48.9 Å². The van der Waals surface area contributed by atoms with Gasteiger partial charge in [-0.25, -0.2) is 14.8 Å². The van der Waals surface area contributed by atoms with Crippen LogP contribution in [-0.4, -0.2) is 48.2 Å². The summed E-state index contributed by atoms with van der Waals surface area (Å²) < 4.78 is 33.1. The number of hydrogen-bond donors (Lipinski definition) is 1. The van der Waals surface area contributed by atoms with Crippen LogP contribution < -0.4 is 15.6 Å². The van der Waals surface area contributed by atoms with Crippen molar-refractivity contribution in [2.75, 3.05) is 13.4 Å². The Hall–Kier alpha value is -4.58. The first-order valence-electron chi connectivity index (χ1n) is 10.9. The van der Waals surface area contributed by atoms with Gasteiger partial charge in [0, 0.05) is 6.54 Å². The van der Waals surface area contributed by atoms with Crippen LogP contribution in [0.4, 0.5) is 0 Å². The van der Waals surface area contributed by atoms with E-state index in [1.54, 1.807) is 31.4 Å². The molecule has 2 heterocycles. The van der Waals surface area contributed by atoms with Gasteiger partial charge in [0.15, 0.2) is 0 Å². The Morgan fingerprint density at radius 1 is 1.00 bits per heavy atom. The number of benzene rings is 2. The monoisotopic (exact) mass is 522 g/mol. The van der Waals surface area contributed by atoms with Gasteiger partial charge in [0.1, 0.15) is 11.4 Å². The molecule has 0 saturated heterocycles. The molecule has 0 bridgehead atoms. The lowest BCUT2D eigenvalue weighted by Crippen LogP contribution is -2.25. The minimum atomic E-state index is -3.93. The van der Waals surface area contributed by atoms with Crippen molar-refractivity contribution in [1.82, 2.24) is 19.9 Å². The van der Waals surface area contributed by atoms with Crippen molar-refractivity contribution in [3.05, 3.63) is 99.9 Å². The maximum absolute atomic E-state index is 13.1. The summed E-state index contributed by atoms with van der Waals surface area (Å²) in [5.74, 6) is -0.728. The van der Waals surface area contributed by atoms with Crippen molar-refractivity contribution in [2.24, 2.45) is 0 Å². The number of aromatic nitrogens is 3. The summed E-state index contributed by atoms with van der Waals surface area (Å²) >= 11 is 0. The molecule has 190 valence electrons. The van der Waals surface area contributed by atoms with Crippen molar-refractivity contribution < 1.29 is 26.9 Å². The molecule has 12 heteroatoms. The molecule has 11 nitrogen and oxygen atoms in total. The number of carbonyl (C=O) groups is 2. The number of fused-ring (bicyclic) bond motifs is 1. The SMILES string of the molecule is COc1ccc(CNC(=O)c2cc3c(=O)n(Cc4ccc(C(=O)OS(C)(=O)=O)cc4)cnc3cn2)cc1. The highest BCUT2D eigenvalue weighted by Gasteiger charge is 2.15. The summed E-state index contributed by atoms with van der Waals surface area (Å²) in [6.45, 7) is 0.401. The van der Waals surface area contributed by atoms with E-state index in [1.807, 2.05) is 12.1 Å². The van der Waals surface area contributed by atoms with Gasteiger partial charge in [-0.15, -0.1) is 0 Å². The number of rotatable bonds is 8. The molecule has 4 aromatic rings. The minimum absolute atomic E-state index is 0.0505. The van der Waals surface area contributed by atoms with E-state index in [0.717, 1.165) is 11.8 Å². The van der Waals surface area contributed by atoms with Gasteiger partial charge < -0.3 is 14.2 Å². The highest BCUT2D eigenvalue weighted by Crippen LogP contribution is 2.13. The summed E-state index contributed by atoms with van der Waals surface area (Å²) in [7, 11) is -2.36. The number of hydrogen-bond acceptors (Lipinski definition) is 9. The molecule has 1 N–H and O–H groups in total. The lowest BCUT2D eigenvalue weighted by atomic mass is 10.1. The fourth-order valence-corrected chi connectivity index (χ4v) is 3.81. The second-order valence-corrected chi connectivity index (χ2v) is 9.64. The van der Waals surface area contributed by atoms with Gasteiger partial charge in [-0.2, -0.15) is 8.42 Å². The van der Waals surface area contributed by atoms with Crippen LogP contribution in [0.15, 0.2) is 71.9 Å². The third kappa shape index (κ3) is 6.35. The first kappa shape index (κ1) is 25.5. The molecule has 0 radical (unpaired) electrons. The normalized spacial score (nSPS) is 11.2. The van der Waals surface area contributed by atoms with Crippen molar-refractivity contribution >= 4 is 32.9 Å². The summed E-state index contributed by atoms with van der Waals surface area (Å²) in [4.78, 5) is 46.0. The lowest BCUT2D eigenvalue weighted by molar-refractivity contribution is 0.0748. The highest BCUT2D eigenvalue weighted by atomic mass is 32.2. The van der Waals surface area contributed by atoms with E-state index < -0.39 is 22.0 Å². The number of nitrogens with zero attached hydrogens (tertiary/aromatic N) is 3. The topological polar surface area (TPSA) is 147 Å². The van der Waals surface area contributed by atoms with Crippen LogP contribution in [0.2, 0.25) is 0 Å². The van der Waals surface area contributed by atoms with Crippen LogP contribution in [-0.2, 0) is 27.4 Å². The van der Waals surface area contributed by atoms with Gasteiger partial charge in [0.25, 0.3) is 11.5 Å². The van der Waals surface area contributed by atoms with Gasteiger partial charge in [-0.05, 0) is 41.5 Å². The van der Waals surface area contributed by atoms with Crippen LogP contribution in [0.1, 0.15) is 32.0 Å². The van der Waals surface area contributed by atoms with Gasteiger partial charge in [0.2, 0.25) is 0 Å². The van der Waals surface area contributed by atoms with Gasteiger partial charge in [-0.3, -0.25) is 14.2 Å². The Balaban J connectivity index is 1.49. The molecule has 0 atom stereocenters. The second-order valence-electron chi connectivity index (χ2n) is 8.07. The molecule has 37 heavy (non-hydrogen) atoms. The Morgan fingerprint density at radius 2 is 1.68 bits per heavy atom. The molecule has 0 unspecified atom stereocenters. The number of amides is 1. The molecule has 1 amide bonds. The molecule has 2 aromatic carbocycles. The molecule has 0 spiro atoms. The molecule has 0 aliphatic rings. The zero-order valence-electron chi connectivity index (χ0n) is 19.9. The predicted molar refractivity (Wildman–Crippen MR) is 134 cm³/mol. The Labute approximate surface area is 211 Å². The van der Waals surface area contributed by atoms with E-state index in [0.29, 0.717) is 16.8 Å². The van der Waals surface area contributed by atoms with Gasteiger partial charge >= 0.3 is 16.1 Å². The number of nitrogens with one attached hydrogen (secondary N) is 1. The average Bonchev–Trinajstić information content (AvgIpc) is 2.88. The molecule has 0 fully saturated rings. The first-order chi connectivity index (χ1) is 17.6. The maximum Gasteiger partial charge on any atom is 0.353 e. The van der Waals surface area contributed by atoms with Crippen LogP contribution in [0.3, 0.4) is 0 Å². The molecule has 2 aromatic heterocycles. The maximum atomic E-state index is 13.1. The summed E-state index contributed by atoms with van der Waals surface area (Å²) in [5.41, 5.74) is 1.62. The zero-order chi connectivity index (χ0) is 26.6. The fraction of sp³-hybridized carbons (Fsp3) is 0.160. The van der Waals surface area contributed by atoms with Crippen molar-refractivity contribution in [1.29, 1.82) is 0 Å². The van der Waals surface area contributed by atoms with E-state index in [2.05, 4.69) is 19.5 Å². The Kier molecular flexibility index (Phi) is 7.30. The molecular weight excluding hydrogens is 500 g/mol. The van der Waals surface area contributed by atoms with Crippen LogP contribution in [0, 0.1) is 0 Å². The third-order valence-corrected chi connectivity index (χ3v) is 5.78. The third-order valence-electron chi connectivity index (χ3n) is 5.32. The van der Waals surface area contributed by atoms with Gasteiger partial charge in [-0.1, -0.05) is 24.3 Å². The van der Waals surface area contributed by atoms with Crippen molar-refractivity contribution in [2.45, 2.75) is 13.1 Å². The summed E-state index contributed by atoms with van der Waals surface area (Å²) in [5, 5.41) is 3.00. The molecule has 0 saturated carbocycles. The number of ether oxygens (including phenoxy) is 1. The zero-order valence-corrected chi connectivity index (χ0v) is 20.7.